The van der Waals surface area contributed by atoms with Gasteiger partial charge in [-0.25, -0.2) is 0 Å². The Hall–Kier alpha value is -1.21. The first kappa shape index (κ1) is 57.8. The quantitative estimate of drug-likeness (QED) is 0.0498. The second-order valence-electron chi connectivity index (χ2n) is 16.3. The molecule has 8 nitrogen and oxygen atoms in total. The minimum atomic E-state index is -0.926. The fourth-order valence-corrected chi connectivity index (χ4v) is 7.14. The molecule has 2 aromatic rings. The molecule has 2 atom stereocenters. The van der Waals surface area contributed by atoms with Gasteiger partial charge < -0.3 is 39.5 Å². The molecule has 0 aliphatic heterocycles. The van der Waals surface area contributed by atoms with E-state index in [1.165, 1.54) is 101 Å². The number of carboxylic acids is 2. The molecule has 2 unspecified atom stereocenters. The van der Waals surface area contributed by atoms with Gasteiger partial charge in [0.25, 0.3) is 0 Å². The summed E-state index contributed by atoms with van der Waals surface area (Å²) in [6.07, 6.45) is 31.0. The molecule has 2 rings (SSSR count). The summed E-state index contributed by atoms with van der Waals surface area (Å²) in [5, 5.41) is 40.7. The van der Waals surface area contributed by atoms with E-state index in [1.54, 1.807) is 0 Å². The van der Waals surface area contributed by atoms with Crippen LogP contribution < -0.4 is 10.2 Å². The molecule has 0 saturated heterocycles. The average molecular weight is 949 g/mol. The van der Waals surface area contributed by atoms with Crippen LogP contribution in [0.4, 0.5) is 0 Å². The normalized spacial score (nSPS) is 12.0. The summed E-state index contributed by atoms with van der Waals surface area (Å²) < 4.78 is 11.3. The van der Waals surface area contributed by atoms with Gasteiger partial charge in [0.1, 0.15) is 0 Å². The molecule has 0 aliphatic carbocycles. The Balaban J connectivity index is 0.00000112. The van der Waals surface area contributed by atoms with Crippen LogP contribution in [0.2, 0.25) is 0 Å². The second kappa shape index (κ2) is 44.8. The molecule has 9 heteroatoms. The van der Waals surface area contributed by atoms with Gasteiger partial charge in [0.05, 0.1) is 25.4 Å². The number of rotatable bonds is 40. The van der Waals surface area contributed by atoms with Crippen LogP contribution in [0.5, 0.6) is 0 Å². The smallest absolute Gasteiger partial charge is 0.550 e. The van der Waals surface area contributed by atoms with E-state index < -0.39 is 11.9 Å². The minimum absolute atomic E-state index is 0. The van der Waals surface area contributed by atoms with E-state index in [-0.39, 0.29) is 73.9 Å². The Morgan fingerprint density at radius 3 is 0.949 bits per heavy atom. The van der Waals surface area contributed by atoms with Gasteiger partial charge in [0.15, 0.2) is 0 Å². The zero-order valence-electron chi connectivity index (χ0n) is 37.0. The standard InChI is InChI=1S/2C25H42O4.Ba/c2*26-24(19-15-21-29-22-23-16-11-10-12-17-23)18-13-8-6-4-2-1-3-5-7-9-14-20-25(27)28;/h2*10-12,16-17,24,26H,1-9,13-15,18-22H2,(H,27,28);/q;;+2/p-2. The average Bonchev–Trinajstić information content (AvgIpc) is 3.22. The number of benzene rings is 2. The van der Waals surface area contributed by atoms with Crippen LogP contribution in [0, 0.1) is 0 Å². The zero-order valence-corrected chi connectivity index (χ0v) is 41.5. The third-order valence-electron chi connectivity index (χ3n) is 10.7. The van der Waals surface area contributed by atoms with E-state index in [0.29, 0.717) is 26.4 Å². The molecular formula is C50H82BaO8. The molecule has 0 aromatic heterocycles. The van der Waals surface area contributed by atoms with Gasteiger partial charge in [0.2, 0.25) is 0 Å². The maximum absolute atomic E-state index is 10.3. The molecule has 0 bridgehead atoms. The Kier molecular flexibility index (Phi) is 43.9. The number of aliphatic hydroxyl groups is 2. The first-order valence-electron chi connectivity index (χ1n) is 23.4. The van der Waals surface area contributed by atoms with Gasteiger partial charge in [-0.2, -0.15) is 0 Å². The first-order chi connectivity index (χ1) is 28.4. The number of unbranched alkanes of at least 4 members (excludes halogenated alkanes) is 20. The van der Waals surface area contributed by atoms with Crippen LogP contribution in [0.15, 0.2) is 60.7 Å². The number of hydrogen-bond acceptors (Lipinski definition) is 8. The van der Waals surface area contributed by atoms with Crippen molar-refractivity contribution in [3.8, 4) is 0 Å². The number of carbonyl (C=O) groups excluding carboxylic acids is 2. The summed E-state index contributed by atoms with van der Waals surface area (Å²) in [5.41, 5.74) is 2.39. The largest absolute Gasteiger partial charge is 2.00 e. The molecule has 0 aliphatic rings. The van der Waals surface area contributed by atoms with Gasteiger partial charge >= 0.3 is 48.9 Å². The summed E-state index contributed by atoms with van der Waals surface area (Å²) in [7, 11) is 0. The van der Waals surface area contributed by atoms with Crippen molar-refractivity contribution in [2.75, 3.05) is 13.2 Å². The minimum Gasteiger partial charge on any atom is -0.550 e. The predicted octanol–water partition coefficient (Wildman–Crippen LogP) is 9.95. The van der Waals surface area contributed by atoms with Crippen molar-refractivity contribution in [1.82, 2.24) is 0 Å². The van der Waals surface area contributed by atoms with Gasteiger partial charge in [-0.15, -0.1) is 0 Å². The fraction of sp³-hybridized carbons (Fsp3) is 0.720. The maximum Gasteiger partial charge on any atom is 2.00 e. The SMILES string of the molecule is O=C([O-])CCCCCCCCCCCCCC(O)CCCOCc1ccccc1.O=C([O-])CCCCCCCCCCCCCC(O)CCCOCc1ccccc1.[Ba+2]. The van der Waals surface area contributed by atoms with Crippen molar-refractivity contribution in [1.29, 1.82) is 0 Å². The summed E-state index contributed by atoms with van der Waals surface area (Å²) in [5.74, 6) is -1.85. The predicted molar refractivity (Wildman–Crippen MR) is 238 cm³/mol. The number of ether oxygens (including phenoxy) is 2. The van der Waals surface area contributed by atoms with Crippen molar-refractivity contribution >= 4 is 60.8 Å². The molecule has 2 N–H and O–H groups in total. The Morgan fingerprint density at radius 1 is 0.407 bits per heavy atom. The molecule has 0 radical (unpaired) electrons. The molecule has 2 aromatic carbocycles. The molecule has 0 heterocycles. The van der Waals surface area contributed by atoms with E-state index in [9.17, 15) is 30.0 Å². The maximum atomic E-state index is 10.3. The van der Waals surface area contributed by atoms with Crippen molar-refractivity contribution in [2.24, 2.45) is 0 Å². The molecular weight excluding hydrogens is 866 g/mol. The summed E-state index contributed by atoms with van der Waals surface area (Å²) >= 11 is 0. The van der Waals surface area contributed by atoms with E-state index in [2.05, 4.69) is 24.3 Å². The molecule has 0 fully saturated rings. The monoisotopic (exact) mass is 949 g/mol. The van der Waals surface area contributed by atoms with E-state index >= 15 is 0 Å². The van der Waals surface area contributed by atoms with Crippen molar-refractivity contribution < 1.29 is 39.5 Å². The summed E-state index contributed by atoms with van der Waals surface area (Å²) in [6.45, 7) is 2.73. The third kappa shape index (κ3) is 43.2. The van der Waals surface area contributed by atoms with Crippen LogP contribution in [0.3, 0.4) is 0 Å². The van der Waals surface area contributed by atoms with Gasteiger partial charge in [0, 0.05) is 25.2 Å². The van der Waals surface area contributed by atoms with E-state index in [1.807, 2.05) is 36.4 Å². The fourth-order valence-electron chi connectivity index (χ4n) is 7.14. The molecule has 0 spiro atoms. The Morgan fingerprint density at radius 2 is 0.661 bits per heavy atom. The summed E-state index contributed by atoms with van der Waals surface area (Å²) in [6, 6.07) is 20.4. The van der Waals surface area contributed by atoms with Gasteiger partial charge in [-0.3, -0.25) is 0 Å². The third-order valence-corrected chi connectivity index (χ3v) is 10.7. The molecule has 332 valence electrons. The van der Waals surface area contributed by atoms with Crippen LogP contribution in [0.1, 0.15) is 204 Å². The van der Waals surface area contributed by atoms with Crippen LogP contribution in [-0.2, 0) is 32.3 Å². The molecule has 59 heavy (non-hydrogen) atoms. The zero-order chi connectivity index (χ0) is 42.0. The van der Waals surface area contributed by atoms with Crippen LogP contribution >= 0.6 is 0 Å². The Bertz CT molecular complexity index is 1080. The van der Waals surface area contributed by atoms with Gasteiger partial charge in [-0.05, 0) is 75.3 Å². The number of hydrogen-bond donors (Lipinski definition) is 2. The van der Waals surface area contributed by atoms with Crippen LogP contribution in [0.25, 0.3) is 0 Å². The number of aliphatic hydroxyl groups excluding tert-OH is 2. The van der Waals surface area contributed by atoms with Gasteiger partial charge in [-0.1, -0.05) is 189 Å². The number of aliphatic carboxylic acids is 2. The number of carboxylic acid groups (broad SMARTS) is 2. The Labute approximate surface area is 400 Å². The van der Waals surface area contributed by atoms with Crippen LogP contribution in [-0.4, -0.2) is 96.5 Å². The molecule has 0 saturated carbocycles. The second-order valence-corrected chi connectivity index (χ2v) is 16.3. The summed E-state index contributed by atoms with van der Waals surface area (Å²) in [4.78, 5) is 20.6. The van der Waals surface area contributed by atoms with Crippen molar-refractivity contribution in [3.63, 3.8) is 0 Å². The van der Waals surface area contributed by atoms with Crippen molar-refractivity contribution in [3.05, 3.63) is 71.8 Å². The topological polar surface area (TPSA) is 139 Å². The number of carbonyl (C=O) groups is 2. The first-order valence-corrected chi connectivity index (χ1v) is 23.4. The van der Waals surface area contributed by atoms with E-state index in [0.717, 1.165) is 89.9 Å². The van der Waals surface area contributed by atoms with Crippen molar-refractivity contribution in [2.45, 2.75) is 218 Å². The van der Waals surface area contributed by atoms with E-state index in [4.69, 9.17) is 9.47 Å². The molecule has 0 amide bonds.